The van der Waals surface area contributed by atoms with Crippen molar-refractivity contribution in [3.8, 4) is 17.2 Å². The van der Waals surface area contributed by atoms with Gasteiger partial charge in [-0.1, -0.05) is 30.3 Å². The Morgan fingerprint density at radius 1 is 0.914 bits per heavy atom. The third-order valence-electron chi connectivity index (χ3n) is 6.73. The normalized spacial score (nSPS) is 18.0. The zero-order chi connectivity index (χ0) is 24.2. The van der Waals surface area contributed by atoms with E-state index in [-0.39, 0.29) is 17.9 Å². The van der Waals surface area contributed by atoms with Crippen LogP contribution in [0.2, 0.25) is 0 Å². The molecule has 0 spiro atoms. The van der Waals surface area contributed by atoms with Crippen LogP contribution >= 0.6 is 0 Å². The van der Waals surface area contributed by atoms with Crippen molar-refractivity contribution in [3.05, 3.63) is 83.9 Å². The van der Waals surface area contributed by atoms with Crippen LogP contribution in [0.25, 0.3) is 0 Å². The molecule has 6 nitrogen and oxygen atoms in total. The van der Waals surface area contributed by atoms with Gasteiger partial charge < -0.3 is 19.1 Å². The standard InChI is InChI=1S/C29H29NO5/c1-33-26-15-14-21(16-27(26)34-24-11-5-6-12-24)22-17-28(31)30(19-22)23-10-7-13-25(18-23)35-29(32)20-8-3-2-4-9-20/h2-4,7-10,13-16,18,22,24H,5-6,11-12,17,19H2,1H3. The van der Waals surface area contributed by atoms with E-state index < -0.39 is 5.97 Å². The first-order valence-corrected chi connectivity index (χ1v) is 12.1. The fraction of sp³-hybridized carbons (Fsp3) is 0.310. The van der Waals surface area contributed by atoms with E-state index in [1.165, 1.54) is 12.8 Å². The summed E-state index contributed by atoms with van der Waals surface area (Å²) in [7, 11) is 1.65. The molecule has 5 rings (SSSR count). The highest BCUT2D eigenvalue weighted by Gasteiger charge is 2.32. The van der Waals surface area contributed by atoms with Crippen molar-refractivity contribution >= 4 is 17.6 Å². The molecule has 1 aliphatic carbocycles. The highest BCUT2D eigenvalue weighted by molar-refractivity contribution is 5.97. The van der Waals surface area contributed by atoms with Crippen molar-refractivity contribution in [2.45, 2.75) is 44.1 Å². The molecular formula is C29H29NO5. The third-order valence-corrected chi connectivity index (χ3v) is 6.73. The van der Waals surface area contributed by atoms with Crippen molar-refractivity contribution in [3.63, 3.8) is 0 Å². The second-order valence-electron chi connectivity index (χ2n) is 9.09. The maximum absolute atomic E-state index is 13.0. The highest BCUT2D eigenvalue weighted by atomic mass is 16.5. The van der Waals surface area contributed by atoms with Crippen LogP contribution in [-0.2, 0) is 4.79 Å². The number of hydrogen-bond donors (Lipinski definition) is 0. The SMILES string of the molecule is COc1ccc(C2CC(=O)N(c3cccc(OC(=O)c4ccccc4)c3)C2)cc1OC1CCCC1. The van der Waals surface area contributed by atoms with Gasteiger partial charge in [0, 0.05) is 30.6 Å². The predicted octanol–water partition coefficient (Wildman–Crippen LogP) is 5.76. The lowest BCUT2D eigenvalue weighted by molar-refractivity contribution is -0.117. The maximum Gasteiger partial charge on any atom is 0.343 e. The Labute approximate surface area is 205 Å². The molecule has 1 atom stereocenters. The number of rotatable bonds is 7. The number of anilines is 1. The molecule has 35 heavy (non-hydrogen) atoms. The molecule has 180 valence electrons. The quantitative estimate of drug-likeness (QED) is 0.324. The lowest BCUT2D eigenvalue weighted by Gasteiger charge is -2.20. The summed E-state index contributed by atoms with van der Waals surface area (Å²) in [6.45, 7) is 0.546. The fourth-order valence-electron chi connectivity index (χ4n) is 4.86. The first-order chi connectivity index (χ1) is 17.1. The lowest BCUT2D eigenvalue weighted by Crippen LogP contribution is -2.24. The van der Waals surface area contributed by atoms with E-state index in [1.54, 1.807) is 54.5 Å². The molecule has 0 radical (unpaired) electrons. The summed E-state index contributed by atoms with van der Waals surface area (Å²) < 4.78 is 17.3. The third kappa shape index (κ3) is 5.16. The van der Waals surface area contributed by atoms with Crippen LogP contribution in [0, 0.1) is 0 Å². The summed E-state index contributed by atoms with van der Waals surface area (Å²) >= 11 is 0. The largest absolute Gasteiger partial charge is 0.493 e. The number of ether oxygens (including phenoxy) is 3. The number of hydrogen-bond acceptors (Lipinski definition) is 5. The van der Waals surface area contributed by atoms with Crippen LogP contribution in [0.15, 0.2) is 72.8 Å². The summed E-state index contributed by atoms with van der Waals surface area (Å²) in [5.41, 5.74) is 2.25. The Hall–Kier alpha value is -3.80. The summed E-state index contributed by atoms with van der Waals surface area (Å²) in [5, 5.41) is 0. The fourth-order valence-corrected chi connectivity index (χ4v) is 4.86. The average Bonchev–Trinajstić information content (AvgIpc) is 3.54. The van der Waals surface area contributed by atoms with E-state index in [1.807, 2.05) is 30.3 Å². The number of methoxy groups -OCH3 is 1. The Balaban J connectivity index is 1.31. The molecule has 1 aliphatic heterocycles. The molecule has 1 heterocycles. The van der Waals surface area contributed by atoms with Gasteiger partial charge >= 0.3 is 5.97 Å². The van der Waals surface area contributed by atoms with Gasteiger partial charge in [0.2, 0.25) is 5.91 Å². The topological polar surface area (TPSA) is 65.1 Å². The molecule has 3 aromatic carbocycles. The first-order valence-electron chi connectivity index (χ1n) is 12.1. The average molecular weight is 472 g/mol. The molecule has 6 heteroatoms. The molecule has 2 aliphatic rings. The molecule has 2 fully saturated rings. The van der Waals surface area contributed by atoms with Crippen LogP contribution in [0.3, 0.4) is 0 Å². The van der Waals surface area contributed by atoms with E-state index in [4.69, 9.17) is 14.2 Å². The van der Waals surface area contributed by atoms with Gasteiger partial charge in [-0.3, -0.25) is 4.79 Å². The summed E-state index contributed by atoms with van der Waals surface area (Å²) in [6, 6.07) is 21.9. The van der Waals surface area contributed by atoms with Crippen LogP contribution < -0.4 is 19.1 Å². The Morgan fingerprint density at radius 2 is 1.71 bits per heavy atom. The molecule has 3 aromatic rings. The molecule has 1 saturated carbocycles. The van der Waals surface area contributed by atoms with E-state index in [0.29, 0.717) is 30.0 Å². The van der Waals surface area contributed by atoms with E-state index in [2.05, 4.69) is 0 Å². The van der Waals surface area contributed by atoms with Gasteiger partial charge in [-0.05, 0) is 67.6 Å². The van der Waals surface area contributed by atoms with Crippen LogP contribution in [0.4, 0.5) is 5.69 Å². The number of amides is 1. The molecule has 0 bridgehead atoms. The Kier molecular flexibility index (Phi) is 6.70. The van der Waals surface area contributed by atoms with Crippen molar-refractivity contribution in [1.29, 1.82) is 0 Å². The first kappa shape index (κ1) is 23.0. The Morgan fingerprint density at radius 3 is 2.49 bits per heavy atom. The number of benzene rings is 3. The van der Waals surface area contributed by atoms with Gasteiger partial charge in [0.15, 0.2) is 11.5 Å². The van der Waals surface area contributed by atoms with Crippen molar-refractivity contribution < 1.29 is 23.8 Å². The molecular weight excluding hydrogens is 442 g/mol. The van der Waals surface area contributed by atoms with Gasteiger partial charge in [-0.2, -0.15) is 0 Å². The van der Waals surface area contributed by atoms with Crippen molar-refractivity contribution in [2.75, 3.05) is 18.6 Å². The lowest BCUT2D eigenvalue weighted by atomic mass is 9.98. The van der Waals surface area contributed by atoms with E-state index in [9.17, 15) is 9.59 Å². The minimum absolute atomic E-state index is 0.0369. The molecule has 1 unspecified atom stereocenters. The number of esters is 1. The van der Waals surface area contributed by atoms with Crippen molar-refractivity contribution in [1.82, 2.24) is 0 Å². The summed E-state index contributed by atoms with van der Waals surface area (Å²) in [6.07, 6.45) is 5.14. The molecule has 1 amide bonds. The molecule has 0 aromatic heterocycles. The molecule has 1 saturated heterocycles. The predicted molar refractivity (Wildman–Crippen MR) is 133 cm³/mol. The van der Waals surface area contributed by atoms with Crippen LogP contribution in [0.1, 0.15) is 53.9 Å². The van der Waals surface area contributed by atoms with Gasteiger partial charge in [0.05, 0.1) is 18.8 Å². The van der Waals surface area contributed by atoms with Gasteiger partial charge in [0.25, 0.3) is 0 Å². The van der Waals surface area contributed by atoms with Crippen LogP contribution in [0.5, 0.6) is 17.2 Å². The van der Waals surface area contributed by atoms with Crippen molar-refractivity contribution in [2.24, 2.45) is 0 Å². The number of carbonyl (C=O) groups excluding carboxylic acids is 2. The van der Waals surface area contributed by atoms with Gasteiger partial charge in [0.1, 0.15) is 5.75 Å². The second kappa shape index (κ2) is 10.2. The van der Waals surface area contributed by atoms with Gasteiger partial charge in [-0.25, -0.2) is 4.79 Å². The number of nitrogens with zero attached hydrogens (tertiary/aromatic N) is 1. The minimum atomic E-state index is -0.429. The zero-order valence-electron chi connectivity index (χ0n) is 19.8. The van der Waals surface area contributed by atoms with E-state index in [0.717, 1.165) is 29.9 Å². The van der Waals surface area contributed by atoms with E-state index >= 15 is 0 Å². The maximum atomic E-state index is 13.0. The Bertz CT molecular complexity index is 1200. The smallest absolute Gasteiger partial charge is 0.343 e. The summed E-state index contributed by atoms with van der Waals surface area (Å²) in [5.74, 6) is 1.52. The number of carbonyl (C=O) groups is 2. The highest BCUT2D eigenvalue weighted by Crippen LogP contribution is 2.38. The minimum Gasteiger partial charge on any atom is -0.493 e. The molecule has 0 N–H and O–H groups in total. The monoisotopic (exact) mass is 471 g/mol. The second-order valence-corrected chi connectivity index (χ2v) is 9.09. The van der Waals surface area contributed by atoms with Gasteiger partial charge in [-0.15, -0.1) is 0 Å². The van der Waals surface area contributed by atoms with Crippen LogP contribution in [-0.4, -0.2) is 31.6 Å². The summed E-state index contributed by atoms with van der Waals surface area (Å²) in [4.78, 5) is 27.1. The zero-order valence-corrected chi connectivity index (χ0v) is 19.8.